The molecule has 1 aliphatic heterocycles. The normalized spacial score (nSPS) is 13.3. The maximum absolute atomic E-state index is 12.6. The number of hydrogen-bond acceptors (Lipinski definition) is 7. The number of hydrogen-bond donors (Lipinski definition) is 2. The van der Waals surface area contributed by atoms with Crippen molar-refractivity contribution in [2.24, 2.45) is 5.14 Å². The van der Waals surface area contributed by atoms with Gasteiger partial charge in [-0.2, -0.15) is 0 Å². The third-order valence-corrected chi connectivity index (χ3v) is 6.69. The van der Waals surface area contributed by atoms with Crippen LogP contribution in [0, 0.1) is 0 Å². The highest BCUT2D eigenvalue weighted by Crippen LogP contribution is 2.31. The molecule has 1 aliphatic rings. The number of sulfonamides is 1. The van der Waals surface area contributed by atoms with Crippen molar-refractivity contribution in [3.8, 4) is 0 Å². The second-order valence-corrected chi connectivity index (χ2v) is 9.28. The average Bonchev–Trinajstić information content (AvgIpc) is 3.25. The Morgan fingerprint density at radius 1 is 1.28 bits per heavy atom. The smallest absolute Gasteiger partial charge is 0.341 e. The van der Waals surface area contributed by atoms with Gasteiger partial charge in [0.1, 0.15) is 5.00 Å². The molecule has 156 valence electrons. The van der Waals surface area contributed by atoms with Gasteiger partial charge in [0.2, 0.25) is 15.9 Å². The van der Waals surface area contributed by atoms with Crippen molar-refractivity contribution in [3.05, 3.63) is 40.3 Å². The van der Waals surface area contributed by atoms with Crippen LogP contribution < -0.4 is 15.4 Å². The molecular weight excluding hydrogens is 414 g/mol. The topological polar surface area (TPSA) is 119 Å². The summed E-state index contributed by atoms with van der Waals surface area (Å²) in [5, 5.41) is 8.48. The summed E-state index contributed by atoms with van der Waals surface area (Å²) in [6.07, 6.45) is 1.37. The van der Waals surface area contributed by atoms with Crippen molar-refractivity contribution in [2.75, 3.05) is 29.9 Å². The quantitative estimate of drug-likeness (QED) is 0.641. The zero-order chi connectivity index (χ0) is 21.2. The molecule has 0 spiro atoms. The predicted octanol–water partition coefficient (Wildman–Crippen LogP) is 2.14. The fraction of sp³-hybridized carbons (Fsp3) is 0.368. The summed E-state index contributed by atoms with van der Waals surface area (Å²) in [5.74, 6) is -0.718. The second-order valence-electron chi connectivity index (χ2n) is 6.58. The Hall–Kier alpha value is -2.43. The molecule has 1 aromatic carbocycles. The molecule has 2 heterocycles. The number of primary sulfonamides is 1. The number of thiophene rings is 1. The number of nitrogens with zero attached hydrogens (tertiary/aromatic N) is 1. The fourth-order valence-electron chi connectivity index (χ4n) is 3.20. The molecule has 10 heteroatoms. The van der Waals surface area contributed by atoms with E-state index in [1.807, 2.05) is 11.8 Å². The number of fused-ring (bicyclic) bond motifs is 1. The summed E-state index contributed by atoms with van der Waals surface area (Å²) in [6.45, 7) is 4.64. The van der Waals surface area contributed by atoms with Crippen molar-refractivity contribution < 1.29 is 22.7 Å². The van der Waals surface area contributed by atoms with Crippen LogP contribution in [0.2, 0.25) is 0 Å². The molecule has 0 atom stereocenters. The van der Waals surface area contributed by atoms with E-state index in [0.29, 0.717) is 23.5 Å². The molecule has 8 nitrogen and oxygen atoms in total. The molecule has 0 bridgehead atoms. The summed E-state index contributed by atoms with van der Waals surface area (Å²) >= 11 is 1.36. The maximum Gasteiger partial charge on any atom is 0.341 e. The molecule has 0 saturated carbocycles. The van der Waals surface area contributed by atoms with Crippen molar-refractivity contribution in [3.63, 3.8) is 0 Å². The van der Waals surface area contributed by atoms with Crippen LogP contribution in [0.4, 0.5) is 10.7 Å². The molecule has 1 amide bonds. The van der Waals surface area contributed by atoms with Crippen molar-refractivity contribution in [1.82, 2.24) is 0 Å². The molecule has 0 unspecified atom stereocenters. The van der Waals surface area contributed by atoms with Gasteiger partial charge in [-0.3, -0.25) is 4.79 Å². The monoisotopic (exact) mass is 437 g/mol. The Morgan fingerprint density at radius 3 is 2.69 bits per heavy atom. The zero-order valence-electron chi connectivity index (χ0n) is 16.2. The van der Waals surface area contributed by atoms with E-state index >= 15 is 0 Å². The molecule has 3 N–H and O–H groups in total. The molecule has 0 radical (unpaired) electrons. The number of carbonyl (C=O) groups excluding carboxylic acids is 2. The molecule has 3 rings (SSSR count). The number of benzene rings is 1. The van der Waals surface area contributed by atoms with Gasteiger partial charge in [-0.1, -0.05) is 6.92 Å². The number of carbonyl (C=O) groups is 2. The number of rotatable bonds is 7. The van der Waals surface area contributed by atoms with E-state index in [0.717, 1.165) is 22.5 Å². The number of amides is 1. The highest BCUT2D eigenvalue weighted by molar-refractivity contribution is 7.89. The van der Waals surface area contributed by atoms with E-state index in [1.54, 1.807) is 25.1 Å². The lowest BCUT2D eigenvalue weighted by Gasteiger charge is -2.19. The zero-order valence-corrected chi connectivity index (χ0v) is 17.9. The summed E-state index contributed by atoms with van der Waals surface area (Å²) in [7, 11) is -3.76. The Labute approximate surface area is 173 Å². The van der Waals surface area contributed by atoms with E-state index in [-0.39, 0.29) is 24.0 Å². The van der Waals surface area contributed by atoms with Gasteiger partial charge in [0, 0.05) is 17.1 Å². The third-order valence-electron chi connectivity index (χ3n) is 4.59. The minimum atomic E-state index is -3.76. The van der Waals surface area contributed by atoms with Crippen LogP contribution in [0.15, 0.2) is 29.2 Å². The molecule has 2 aromatic rings. The van der Waals surface area contributed by atoms with Crippen LogP contribution >= 0.6 is 11.3 Å². The Kier molecular flexibility index (Phi) is 6.25. The van der Waals surface area contributed by atoms with E-state index < -0.39 is 16.0 Å². The number of anilines is 2. The van der Waals surface area contributed by atoms with Gasteiger partial charge in [0.25, 0.3) is 0 Å². The van der Waals surface area contributed by atoms with E-state index in [1.165, 1.54) is 17.4 Å². The van der Waals surface area contributed by atoms with Gasteiger partial charge < -0.3 is 15.0 Å². The molecule has 29 heavy (non-hydrogen) atoms. The summed E-state index contributed by atoms with van der Waals surface area (Å²) < 4.78 is 28.1. The SMILES string of the molecule is CCOC(=O)c1cc(CC)sc1NC(=O)CN1CCc2cc(S(N)(=O)=O)ccc21. The first-order chi connectivity index (χ1) is 13.7. The summed E-state index contributed by atoms with van der Waals surface area (Å²) in [5.41, 5.74) is 2.00. The van der Waals surface area contributed by atoms with Crippen LogP contribution in [0.1, 0.15) is 34.6 Å². The molecule has 0 saturated heterocycles. The van der Waals surface area contributed by atoms with E-state index in [4.69, 9.17) is 9.88 Å². The molecular formula is C19H23N3O5S2. The summed E-state index contributed by atoms with van der Waals surface area (Å²) in [6, 6.07) is 6.40. The first-order valence-corrected chi connectivity index (χ1v) is 11.6. The Bertz CT molecular complexity index is 1050. The molecule has 0 fully saturated rings. The Balaban J connectivity index is 1.73. The van der Waals surface area contributed by atoms with Gasteiger partial charge in [0.15, 0.2) is 0 Å². The first kappa shape index (κ1) is 21.3. The van der Waals surface area contributed by atoms with Crippen LogP contribution in [-0.4, -0.2) is 40.0 Å². The van der Waals surface area contributed by atoms with E-state index in [9.17, 15) is 18.0 Å². The highest BCUT2D eigenvalue weighted by Gasteiger charge is 2.24. The number of aryl methyl sites for hydroxylation is 1. The highest BCUT2D eigenvalue weighted by atomic mass is 32.2. The lowest BCUT2D eigenvalue weighted by atomic mass is 10.2. The lowest BCUT2D eigenvalue weighted by Crippen LogP contribution is -2.32. The average molecular weight is 438 g/mol. The summed E-state index contributed by atoms with van der Waals surface area (Å²) in [4.78, 5) is 27.7. The lowest BCUT2D eigenvalue weighted by molar-refractivity contribution is -0.114. The standard InChI is InChI=1S/C19H23N3O5S2/c1-3-13-10-15(19(24)27-4-2)18(28-13)21-17(23)11-22-8-7-12-9-14(29(20,25)26)5-6-16(12)22/h5-6,9-10H,3-4,7-8,11H2,1-2H3,(H,21,23)(H2,20,25,26). The van der Waals surface area contributed by atoms with Crippen molar-refractivity contribution in [1.29, 1.82) is 0 Å². The van der Waals surface area contributed by atoms with Crippen LogP contribution in [0.25, 0.3) is 0 Å². The maximum atomic E-state index is 12.6. The van der Waals surface area contributed by atoms with Crippen molar-refractivity contribution in [2.45, 2.75) is 31.6 Å². The second kappa shape index (κ2) is 8.52. The number of nitrogens with two attached hydrogens (primary N) is 1. The predicted molar refractivity (Wildman–Crippen MR) is 112 cm³/mol. The van der Waals surface area contributed by atoms with Gasteiger partial charge in [-0.15, -0.1) is 11.3 Å². The Morgan fingerprint density at radius 2 is 2.03 bits per heavy atom. The van der Waals surface area contributed by atoms with Gasteiger partial charge in [-0.05, 0) is 49.6 Å². The minimum absolute atomic E-state index is 0.0623. The van der Waals surface area contributed by atoms with Crippen LogP contribution in [0.5, 0.6) is 0 Å². The van der Waals surface area contributed by atoms with Gasteiger partial charge >= 0.3 is 5.97 Å². The van der Waals surface area contributed by atoms with Crippen LogP contribution in [0.3, 0.4) is 0 Å². The largest absolute Gasteiger partial charge is 0.462 e. The third kappa shape index (κ3) is 4.77. The number of ether oxygens (including phenoxy) is 1. The van der Waals surface area contributed by atoms with E-state index in [2.05, 4.69) is 5.32 Å². The van der Waals surface area contributed by atoms with Crippen LogP contribution in [-0.2, 0) is 32.4 Å². The minimum Gasteiger partial charge on any atom is -0.462 e. The molecule has 0 aliphatic carbocycles. The molecule has 1 aromatic heterocycles. The van der Waals surface area contributed by atoms with Gasteiger partial charge in [-0.25, -0.2) is 18.4 Å². The van der Waals surface area contributed by atoms with Crippen molar-refractivity contribution >= 4 is 43.9 Å². The van der Waals surface area contributed by atoms with Gasteiger partial charge in [0.05, 0.1) is 23.6 Å². The number of nitrogens with one attached hydrogen (secondary N) is 1. The number of esters is 1. The fourth-order valence-corrected chi connectivity index (χ4v) is 4.76. The first-order valence-electron chi connectivity index (χ1n) is 9.23.